The number of rotatable bonds is 3. The van der Waals surface area contributed by atoms with Gasteiger partial charge in [0.15, 0.2) is 0 Å². The molecule has 2 amide bonds. The van der Waals surface area contributed by atoms with Gasteiger partial charge in [-0.25, -0.2) is 19.0 Å². The molecule has 0 saturated carbocycles. The fraction of sp³-hybridized carbons (Fsp3) is 0.150. The van der Waals surface area contributed by atoms with Crippen LogP contribution < -0.4 is 5.32 Å². The van der Waals surface area contributed by atoms with Crippen LogP contribution in [0.5, 0.6) is 0 Å². The van der Waals surface area contributed by atoms with Crippen LogP contribution in [0.2, 0.25) is 0 Å². The van der Waals surface area contributed by atoms with E-state index in [2.05, 4.69) is 15.3 Å². The van der Waals surface area contributed by atoms with Crippen molar-refractivity contribution in [3.63, 3.8) is 0 Å². The van der Waals surface area contributed by atoms with E-state index in [1.54, 1.807) is 35.5 Å². The highest BCUT2D eigenvalue weighted by atomic mass is 19.1. The van der Waals surface area contributed by atoms with Crippen LogP contribution in [0.1, 0.15) is 33.4 Å². The summed E-state index contributed by atoms with van der Waals surface area (Å²) >= 11 is 0. The van der Waals surface area contributed by atoms with E-state index in [1.807, 2.05) is 0 Å². The molecule has 8 heteroatoms. The van der Waals surface area contributed by atoms with Crippen LogP contribution in [0.25, 0.3) is 0 Å². The number of benzene rings is 2. The van der Waals surface area contributed by atoms with E-state index < -0.39 is 23.9 Å². The smallest absolute Gasteiger partial charge is 0.335 e. The average molecular weight is 380 g/mol. The molecule has 1 atom stereocenters. The Hall–Kier alpha value is -3.68. The number of carbonyl (C=O) groups excluding carboxylic acids is 1. The summed E-state index contributed by atoms with van der Waals surface area (Å²) < 4.78 is 13.8. The molecule has 0 saturated heterocycles. The second-order valence-electron chi connectivity index (χ2n) is 6.48. The molecule has 1 aliphatic rings. The van der Waals surface area contributed by atoms with Crippen molar-refractivity contribution in [1.82, 2.24) is 14.9 Å². The van der Waals surface area contributed by atoms with E-state index in [0.717, 1.165) is 5.69 Å². The molecule has 2 aromatic carbocycles. The SMILES string of the molecule is O=C(O)c1cccc(NC(=O)N2CCc3[nH]cnc3[C@H]2c2cccc(F)c2)c1. The van der Waals surface area contributed by atoms with Gasteiger partial charge in [0.25, 0.3) is 0 Å². The molecule has 3 N–H and O–H groups in total. The molecule has 0 unspecified atom stereocenters. The number of carboxylic acids is 1. The van der Waals surface area contributed by atoms with Crippen LogP contribution in [-0.2, 0) is 6.42 Å². The van der Waals surface area contributed by atoms with Gasteiger partial charge in [-0.3, -0.25) is 0 Å². The number of aromatic nitrogens is 2. The van der Waals surface area contributed by atoms with Crippen molar-refractivity contribution in [3.8, 4) is 0 Å². The van der Waals surface area contributed by atoms with Gasteiger partial charge in [-0.05, 0) is 35.9 Å². The first-order chi connectivity index (χ1) is 13.5. The van der Waals surface area contributed by atoms with Crippen LogP contribution in [0.15, 0.2) is 54.9 Å². The predicted molar refractivity (Wildman–Crippen MR) is 99.7 cm³/mol. The van der Waals surface area contributed by atoms with E-state index in [9.17, 15) is 14.0 Å². The number of nitrogens with zero attached hydrogens (tertiary/aromatic N) is 2. The van der Waals surface area contributed by atoms with Crippen molar-refractivity contribution in [2.24, 2.45) is 0 Å². The Balaban J connectivity index is 1.66. The Bertz CT molecular complexity index is 1050. The van der Waals surface area contributed by atoms with Gasteiger partial charge in [0.1, 0.15) is 11.9 Å². The van der Waals surface area contributed by atoms with Gasteiger partial charge in [0.2, 0.25) is 0 Å². The lowest BCUT2D eigenvalue weighted by molar-refractivity contribution is 0.0697. The summed E-state index contributed by atoms with van der Waals surface area (Å²) in [5.74, 6) is -1.47. The van der Waals surface area contributed by atoms with E-state index >= 15 is 0 Å². The van der Waals surface area contributed by atoms with Crippen molar-refractivity contribution < 1.29 is 19.1 Å². The first-order valence-electron chi connectivity index (χ1n) is 8.71. The Labute approximate surface area is 159 Å². The van der Waals surface area contributed by atoms with Crippen LogP contribution in [0.4, 0.5) is 14.9 Å². The fourth-order valence-electron chi connectivity index (χ4n) is 3.43. The zero-order chi connectivity index (χ0) is 19.7. The molecule has 2 heterocycles. The predicted octanol–water partition coefficient (Wildman–Crippen LogP) is 3.43. The quantitative estimate of drug-likeness (QED) is 0.648. The number of nitrogens with one attached hydrogen (secondary N) is 2. The van der Waals surface area contributed by atoms with Crippen molar-refractivity contribution in [2.45, 2.75) is 12.5 Å². The van der Waals surface area contributed by atoms with E-state index in [4.69, 9.17) is 5.11 Å². The Morgan fingerprint density at radius 1 is 1.21 bits per heavy atom. The molecule has 0 radical (unpaired) electrons. The Morgan fingerprint density at radius 3 is 2.82 bits per heavy atom. The van der Waals surface area contributed by atoms with E-state index in [1.165, 1.54) is 24.3 Å². The van der Waals surface area contributed by atoms with Gasteiger partial charge in [-0.1, -0.05) is 18.2 Å². The summed E-state index contributed by atoms with van der Waals surface area (Å²) in [6, 6.07) is 11.1. The monoisotopic (exact) mass is 380 g/mol. The number of imidazole rings is 1. The first kappa shape index (κ1) is 17.7. The second kappa shape index (κ2) is 7.15. The van der Waals surface area contributed by atoms with Gasteiger partial charge in [0.05, 0.1) is 17.6 Å². The third-order valence-electron chi connectivity index (χ3n) is 4.71. The lowest BCUT2D eigenvalue weighted by Gasteiger charge is -2.35. The zero-order valence-corrected chi connectivity index (χ0v) is 14.7. The molecule has 4 rings (SSSR count). The lowest BCUT2D eigenvalue weighted by Crippen LogP contribution is -2.43. The van der Waals surface area contributed by atoms with Crippen LogP contribution >= 0.6 is 0 Å². The van der Waals surface area contributed by atoms with Crippen molar-refractivity contribution in [1.29, 1.82) is 0 Å². The number of anilines is 1. The van der Waals surface area contributed by atoms with Crippen molar-refractivity contribution in [3.05, 3.63) is 83.2 Å². The molecule has 0 fully saturated rings. The summed E-state index contributed by atoms with van der Waals surface area (Å²) in [4.78, 5) is 33.1. The average Bonchev–Trinajstić information content (AvgIpc) is 3.16. The number of urea groups is 1. The minimum atomic E-state index is -1.08. The van der Waals surface area contributed by atoms with E-state index in [0.29, 0.717) is 29.9 Å². The standard InChI is InChI=1S/C20H17FN4O3/c21-14-5-1-3-12(9-14)18-17-16(22-11-23-17)7-8-25(18)20(28)24-15-6-2-4-13(10-15)19(26)27/h1-6,9-11,18H,7-8H2,(H,22,23)(H,24,28)(H,26,27)/t18-/m1/s1. The minimum Gasteiger partial charge on any atom is -0.478 e. The van der Waals surface area contributed by atoms with Crippen molar-refractivity contribution >= 4 is 17.7 Å². The number of halogens is 1. The first-order valence-corrected chi connectivity index (χ1v) is 8.71. The number of amides is 2. The van der Waals surface area contributed by atoms with Gasteiger partial charge < -0.3 is 20.3 Å². The summed E-state index contributed by atoms with van der Waals surface area (Å²) in [7, 11) is 0. The summed E-state index contributed by atoms with van der Waals surface area (Å²) in [6.45, 7) is 0.404. The van der Waals surface area contributed by atoms with Gasteiger partial charge in [-0.2, -0.15) is 0 Å². The fourth-order valence-corrected chi connectivity index (χ4v) is 3.43. The van der Waals surface area contributed by atoms with Crippen molar-refractivity contribution in [2.75, 3.05) is 11.9 Å². The molecule has 142 valence electrons. The third kappa shape index (κ3) is 3.32. The summed E-state index contributed by atoms with van der Waals surface area (Å²) in [5.41, 5.74) is 2.64. The number of hydrogen-bond donors (Lipinski definition) is 3. The van der Waals surface area contributed by atoms with Crippen LogP contribution in [-0.4, -0.2) is 38.5 Å². The van der Waals surface area contributed by atoms with Gasteiger partial charge in [-0.15, -0.1) is 0 Å². The molecule has 28 heavy (non-hydrogen) atoms. The Kier molecular flexibility index (Phi) is 4.52. The minimum absolute atomic E-state index is 0.0766. The molecular weight excluding hydrogens is 363 g/mol. The largest absolute Gasteiger partial charge is 0.478 e. The number of aromatic amines is 1. The number of aromatic carboxylic acids is 1. The van der Waals surface area contributed by atoms with Crippen LogP contribution in [0, 0.1) is 5.82 Å². The van der Waals surface area contributed by atoms with E-state index in [-0.39, 0.29) is 5.56 Å². The van der Waals surface area contributed by atoms with Gasteiger partial charge in [0, 0.05) is 24.3 Å². The Morgan fingerprint density at radius 2 is 2.04 bits per heavy atom. The number of hydrogen-bond acceptors (Lipinski definition) is 3. The lowest BCUT2D eigenvalue weighted by atomic mass is 9.96. The highest BCUT2D eigenvalue weighted by Gasteiger charge is 2.34. The molecule has 1 aliphatic heterocycles. The highest BCUT2D eigenvalue weighted by molar-refractivity contribution is 5.93. The normalized spacial score (nSPS) is 15.8. The number of carboxylic acid groups (broad SMARTS) is 1. The summed E-state index contributed by atoms with van der Waals surface area (Å²) in [5, 5.41) is 11.9. The van der Waals surface area contributed by atoms with Gasteiger partial charge >= 0.3 is 12.0 Å². The number of carbonyl (C=O) groups is 2. The molecule has 0 bridgehead atoms. The molecule has 7 nitrogen and oxygen atoms in total. The van der Waals surface area contributed by atoms with Crippen LogP contribution in [0.3, 0.4) is 0 Å². The molecule has 0 spiro atoms. The number of fused-ring (bicyclic) bond motifs is 1. The second-order valence-corrected chi connectivity index (χ2v) is 6.48. The maximum Gasteiger partial charge on any atom is 0.335 e. The number of H-pyrrole nitrogens is 1. The molecule has 0 aliphatic carbocycles. The third-order valence-corrected chi connectivity index (χ3v) is 4.71. The topological polar surface area (TPSA) is 98.3 Å². The maximum absolute atomic E-state index is 13.8. The summed E-state index contributed by atoms with van der Waals surface area (Å²) in [6.07, 6.45) is 2.15. The highest BCUT2D eigenvalue weighted by Crippen LogP contribution is 2.34. The molecular formula is C20H17FN4O3. The zero-order valence-electron chi connectivity index (χ0n) is 14.7. The molecule has 3 aromatic rings. The molecule has 1 aromatic heterocycles. The maximum atomic E-state index is 13.8.